The van der Waals surface area contributed by atoms with Crippen LogP contribution < -0.4 is 5.32 Å². The second kappa shape index (κ2) is 10.4. The summed E-state index contributed by atoms with van der Waals surface area (Å²) in [7, 11) is 0. The maximum absolute atomic E-state index is 9.61. The fourth-order valence-electron chi connectivity index (χ4n) is 1.34. The van der Waals surface area contributed by atoms with Crippen molar-refractivity contribution in [2.75, 3.05) is 38.3 Å². The van der Waals surface area contributed by atoms with Gasteiger partial charge in [0.2, 0.25) is 0 Å². The predicted molar refractivity (Wildman–Crippen MR) is 72.1 cm³/mol. The van der Waals surface area contributed by atoms with E-state index >= 15 is 0 Å². The van der Waals surface area contributed by atoms with Crippen LogP contribution in [0.25, 0.3) is 0 Å². The number of aliphatic hydroxyl groups excluding tert-OH is 1. The molecule has 2 N–H and O–H groups in total. The predicted octanol–water partition coefficient (Wildman–Crippen LogP) is 1.61. The van der Waals surface area contributed by atoms with E-state index < -0.39 is 0 Å². The first-order valence-corrected chi connectivity index (χ1v) is 7.41. The number of aliphatic hydroxyl groups is 1. The summed E-state index contributed by atoms with van der Waals surface area (Å²) in [5, 5.41) is 12.9. The van der Waals surface area contributed by atoms with Crippen LogP contribution in [0, 0.1) is 11.8 Å². The molecule has 0 aromatic carbocycles. The Morgan fingerprint density at radius 3 is 2.44 bits per heavy atom. The molecule has 0 spiro atoms. The molecule has 0 aliphatic heterocycles. The molecule has 0 amide bonds. The third-order valence-electron chi connectivity index (χ3n) is 2.09. The topological polar surface area (TPSA) is 41.5 Å². The van der Waals surface area contributed by atoms with Gasteiger partial charge in [0.15, 0.2) is 0 Å². The van der Waals surface area contributed by atoms with Crippen LogP contribution in [0.2, 0.25) is 0 Å². The van der Waals surface area contributed by atoms with E-state index in [1.807, 2.05) is 11.8 Å². The van der Waals surface area contributed by atoms with Crippen LogP contribution in [0.1, 0.15) is 20.8 Å². The summed E-state index contributed by atoms with van der Waals surface area (Å²) in [6.45, 7) is 9.16. The molecule has 0 aromatic rings. The maximum Gasteiger partial charge on any atom is 0.0897 e. The molecule has 0 radical (unpaired) electrons. The molecule has 2 unspecified atom stereocenters. The summed E-state index contributed by atoms with van der Waals surface area (Å²) in [4.78, 5) is 0. The third kappa shape index (κ3) is 10.7. The molecule has 0 bridgehead atoms. The monoisotopic (exact) mass is 249 g/mol. The van der Waals surface area contributed by atoms with Crippen LogP contribution in [0.15, 0.2) is 0 Å². The van der Waals surface area contributed by atoms with E-state index in [9.17, 15) is 5.11 Å². The van der Waals surface area contributed by atoms with E-state index in [1.54, 1.807) is 0 Å². The Labute approximate surface area is 104 Å². The van der Waals surface area contributed by atoms with Gasteiger partial charge >= 0.3 is 0 Å². The number of hydrogen-bond donors (Lipinski definition) is 2. The normalized spacial score (nSPS) is 15.4. The summed E-state index contributed by atoms with van der Waals surface area (Å²) in [6.07, 6.45) is 1.73. The highest BCUT2D eigenvalue weighted by Gasteiger charge is 2.06. The van der Waals surface area contributed by atoms with Crippen LogP contribution >= 0.6 is 11.8 Å². The fraction of sp³-hybridized carbons (Fsp3) is 1.00. The number of nitrogens with one attached hydrogen (secondary N) is 1. The molecular formula is C12H27NO2S. The first-order chi connectivity index (χ1) is 7.56. The van der Waals surface area contributed by atoms with Gasteiger partial charge in [-0.1, -0.05) is 20.8 Å². The number of hydrogen-bond acceptors (Lipinski definition) is 4. The van der Waals surface area contributed by atoms with Gasteiger partial charge in [-0.15, -0.1) is 0 Å². The van der Waals surface area contributed by atoms with Crippen molar-refractivity contribution >= 4 is 11.8 Å². The lowest BCUT2D eigenvalue weighted by Gasteiger charge is -2.15. The zero-order valence-corrected chi connectivity index (χ0v) is 11.8. The Kier molecular flexibility index (Phi) is 10.5. The van der Waals surface area contributed by atoms with Gasteiger partial charge in [-0.25, -0.2) is 0 Å². The van der Waals surface area contributed by atoms with E-state index in [1.165, 1.54) is 0 Å². The number of ether oxygens (including phenoxy) is 1. The highest BCUT2D eigenvalue weighted by molar-refractivity contribution is 7.98. The van der Waals surface area contributed by atoms with E-state index in [0.717, 1.165) is 18.9 Å². The van der Waals surface area contributed by atoms with Crippen molar-refractivity contribution in [1.29, 1.82) is 0 Å². The Balaban J connectivity index is 3.32. The van der Waals surface area contributed by atoms with Gasteiger partial charge in [-0.05, 0) is 30.4 Å². The summed E-state index contributed by atoms with van der Waals surface area (Å²) >= 11 is 1.86. The quantitative estimate of drug-likeness (QED) is 0.617. The molecule has 0 saturated carbocycles. The van der Waals surface area contributed by atoms with Gasteiger partial charge in [0.05, 0.1) is 12.7 Å². The average molecular weight is 249 g/mol. The molecule has 4 heteroatoms. The SMILES string of the molecule is CSCC(C)CNCC(O)COCC(C)C. The lowest BCUT2D eigenvalue weighted by Crippen LogP contribution is -2.33. The van der Waals surface area contributed by atoms with Crippen molar-refractivity contribution in [3.05, 3.63) is 0 Å². The molecule has 0 aliphatic rings. The van der Waals surface area contributed by atoms with E-state index in [2.05, 4.69) is 32.3 Å². The van der Waals surface area contributed by atoms with Gasteiger partial charge in [0, 0.05) is 13.2 Å². The van der Waals surface area contributed by atoms with E-state index in [0.29, 0.717) is 25.0 Å². The minimum atomic E-state index is -0.389. The Morgan fingerprint density at radius 2 is 1.88 bits per heavy atom. The van der Waals surface area contributed by atoms with Crippen LogP contribution in [-0.2, 0) is 4.74 Å². The number of rotatable bonds is 10. The highest BCUT2D eigenvalue weighted by atomic mass is 32.2. The lowest BCUT2D eigenvalue weighted by atomic mass is 10.2. The second-order valence-electron chi connectivity index (χ2n) is 4.80. The van der Waals surface area contributed by atoms with Crippen LogP contribution in [-0.4, -0.2) is 49.5 Å². The molecule has 0 saturated heterocycles. The molecule has 3 nitrogen and oxygen atoms in total. The largest absolute Gasteiger partial charge is 0.389 e. The van der Waals surface area contributed by atoms with Crippen LogP contribution in [0.4, 0.5) is 0 Å². The van der Waals surface area contributed by atoms with Crippen molar-refractivity contribution < 1.29 is 9.84 Å². The molecule has 0 heterocycles. The Hall–Kier alpha value is 0.230. The number of thioether (sulfide) groups is 1. The van der Waals surface area contributed by atoms with Crippen molar-refractivity contribution in [3.8, 4) is 0 Å². The molecule has 0 aliphatic carbocycles. The highest BCUT2D eigenvalue weighted by Crippen LogP contribution is 2.02. The van der Waals surface area contributed by atoms with Crippen molar-refractivity contribution in [3.63, 3.8) is 0 Å². The summed E-state index contributed by atoms with van der Waals surface area (Å²) < 4.78 is 5.37. The van der Waals surface area contributed by atoms with Gasteiger partial charge in [0.1, 0.15) is 0 Å². The van der Waals surface area contributed by atoms with Gasteiger partial charge in [0.25, 0.3) is 0 Å². The molecule has 2 atom stereocenters. The fourth-order valence-corrected chi connectivity index (χ4v) is 2.03. The zero-order valence-electron chi connectivity index (χ0n) is 11.0. The van der Waals surface area contributed by atoms with Crippen LogP contribution in [0.5, 0.6) is 0 Å². The van der Waals surface area contributed by atoms with E-state index in [-0.39, 0.29) is 6.10 Å². The van der Waals surface area contributed by atoms with Crippen molar-refractivity contribution in [2.24, 2.45) is 11.8 Å². The first-order valence-electron chi connectivity index (χ1n) is 6.01. The van der Waals surface area contributed by atoms with Crippen molar-refractivity contribution in [1.82, 2.24) is 5.32 Å². The maximum atomic E-state index is 9.61. The van der Waals surface area contributed by atoms with Crippen LogP contribution in [0.3, 0.4) is 0 Å². The van der Waals surface area contributed by atoms with Gasteiger partial charge < -0.3 is 15.2 Å². The molecule has 16 heavy (non-hydrogen) atoms. The average Bonchev–Trinajstić information content (AvgIpc) is 2.17. The Morgan fingerprint density at radius 1 is 1.19 bits per heavy atom. The summed E-state index contributed by atoms with van der Waals surface area (Å²) in [5.41, 5.74) is 0. The summed E-state index contributed by atoms with van der Waals surface area (Å²) in [5.74, 6) is 2.34. The van der Waals surface area contributed by atoms with E-state index in [4.69, 9.17) is 4.74 Å². The minimum Gasteiger partial charge on any atom is -0.389 e. The third-order valence-corrected chi connectivity index (χ3v) is 2.99. The molecule has 98 valence electrons. The second-order valence-corrected chi connectivity index (χ2v) is 5.71. The minimum absolute atomic E-state index is 0.389. The zero-order chi connectivity index (χ0) is 12.4. The molecule has 0 fully saturated rings. The standard InChI is InChI=1S/C12H27NO2S/c1-10(2)7-15-8-12(14)6-13-5-11(3)9-16-4/h10-14H,5-9H2,1-4H3. The Bertz CT molecular complexity index is 156. The molecular weight excluding hydrogens is 222 g/mol. The molecule has 0 rings (SSSR count). The van der Waals surface area contributed by atoms with Gasteiger partial charge in [-0.3, -0.25) is 0 Å². The smallest absolute Gasteiger partial charge is 0.0897 e. The first kappa shape index (κ1) is 16.2. The molecule has 0 aromatic heterocycles. The van der Waals surface area contributed by atoms with Crippen molar-refractivity contribution in [2.45, 2.75) is 26.9 Å². The summed E-state index contributed by atoms with van der Waals surface area (Å²) in [6, 6.07) is 0. The lowest BCUT2D eigenvalue weighted by molar-refractivity contribution is 0.0260. The van der Waals surface area contributed by atoms with Gasteiger partial charge in [-0.2, -0.15) is 11.8 Å².